The van der Waals surface area contributed by atoms with Crippen molar-refractivity contribution in [3.8, 4) is 21.1 Å². The monoisotopic (exact) mass is 507 g/mol. The van der Waals surface area contributed by atoms with E-state index in [1.54, 1.807) is 31.2 Å². The maximum atomic E-state index is 14.2. The SMILES string of the molecule is CCC(CC)c1cc(C)nn2c(-c3sc(-c4ccccc4C(N)=O)nc3Cl)c(C(F)(F)F)nc12. The van der Waals surface area contributed by atoms with E-state index in [0.29, 0.717) is 16.8 Å². The highest BCUT2D eigenvalue weighted by molar-refractivity contribution is 7.19. The fourth-order valence-electron chi connectivity index (χ4n) is 4.05. The van der Waals surface area contributed by atoms with E-state index < -0.39 is 17.8 Å². The number of primary amides is 1. The Morgan fingerprint density at radius 2 is 1.88 bits per heavy atom. The number of aromatic nitrogens is 4. The Morgan fingerprint density at radius 1 is 1.21 bits per heavy atom. The molecule has 0 aliphatic carbocycles. The van der Waals surface area contributed by atoms with Gasteiger partial charge in [-0.3, -0.25) is 4.79 Å². The van der Waals surface area contributed by atoms with Crippen LogP contribution in [0, 0.1) is 6.92 Å². The molecule has 0 bridgehead atoms. The van der Waals surface area contributed by atoms with Gasteiger partial charge in [-0.25, -0.2) is 14.5 Å². The molecule has 0 atom stereocenters. The first-order chi connectivity index (χ1) is 16.1. The lowest BCUT2D eigenvalue weighted by Gasteiger charge is -2.14. The molecule has 4 rings (SSSR count). The molecule has 2 N–H and O–H groups in total. The van der Waals surface area contributed by atoms with Crippen molar-refractivity contribution in [1.82, 2.24) is 19.6 Å². The van der Waals surface area contributed by atoms with Crippen LogP contribution < -0.4 is 5.73 Å². The van der Waals surface area contributed by atoms with Crippen LogP contribution in [-0.2, 0) is 6.18 Å². The zero-order valence-electron chi connectivity index (χ0n) is 18.6. The number of imidazole rings is 1. The van der Waals surface area contributed by atoms with Gasteiger partial charge in [-0.05, 0) is 37.8 Å². The minimum absolute atomic E-state index is 0.0236. The minimum Gasteiger partial charge on any atom is -0.366 e. The Balaban J connectivity index is 2.03. The summed E-state index contributed by atoms with van der Waals surface area (Å²) in [5, 5.41) is 4.50. The quantitative estimate of drug-likeness (QED) is 0.322. The number of nitrogens with zero attached hydrogens (tertiary/aromatic N) is 4. The molecule has 3 heterocycles. The smallest absolute Gasteiger partial charge is 0.366 e. The molecule has 0 unspecified atom stereocenters. The first-order valence-electron chi connectivity index (χ1n) is 10.6. The van der Waals surface area contributed by atoms with Crippen molar-refractivity contribution in [1.29, 1.82) is 0 Å². The predicted octanol–water partition coefficient (Wildman–Crippen LogP) is 6.50. The highest BCUT2D eigenvalue weighted by atomic mass is 35.5. The summed E-state index contributed by atoms with van der Waals surface area (Å²) in [5.41, 5.74) is 6.09. The second-order valence-corrected chi connectivity index (χ2v) is 9.20. The number of halogens is 4. The number of benzene rings is 1. The van der Waals surface area contributed by atoms with E-state index in [-0.39, 0.29) is 37.9 Å². The van der Waals surface area contributed by atoms with Crippen molar-refractivity contribution >= 4 is 34.5 Å². The molecule has 0 fully saturated rings. The van der Waals surface area contributed by atoms with Crippen LogP contribution in [-0.4, -0.2) is 25.5 Å². The average molecular weight is 508 g/mol. The van der Waals surface area contributed by atoms with Crippen molar-refractivity contribution in [2.45, 2.75) is 45.7 Å². The largest absolute Gasteiger partial charge is 0.435 e. The van der Waals surface area contributed by atoms with E-state index in [9.17, 15) is 18.0 Å². The van der Waals surface area contributed by atoms with Gasteiger partial charge in [0.1, 0.15) is 15.9 Å². The van der Waals surface area contributed by atoms with Gasteiger partial charge >= 0.3 is 6.18 Å². The summed E-state index contributed by atoms with van der Waals surface area (Å²) in [4.78, 5) is 20.2. The molecule has 0 saturated heterocycles. The third-order valence-electron chi connectivity index (χ3n) is 5.65. The van der Waals surface area contributed by atoms with Crippen LogP contribution >= 0.6 is 22.9 Å². The topological polar surface area (TPSA) is 86.2 Å². The molecule has 3 aromatic heterocycles. The molecule has 178 valence electrons. The highest BCUT2D eigenvalue weighted by Crippen LogP contribution is 2.45. The average Bonchev–Trinajstić information content (AvgIpc) is 3.34. The number of nitrogens with two attached hydrogens (primary N) is 1. The number of alkyl halides is 3. The summed E-state index contributed by atoms with van der Waals surface area (Å²) in [6.45, 7) is 5.69. The normalized spacial score (nSPS) is 12.1. The molecule has 6 nitrogen and oxygen atoms in total. The van der Waals surface area contributed by atoms with Gasteiger partial charge < -0.3 is 5.73 Å². The van der Waals surface area contributed by atoms with Crippen LogP contribution in [0.15, 0.2) is 30.3 Å². The molecule has 11 heteroatoms. The molecule has 4 aromatic rings. The second-order valence-electron chi connectivity index (χ2n) is 7.85. The lowest BCUT2D eigenvalue weighted by Crippen LogP contribution is -2.12. The maximum absolute atomic E-state index is 14.2. The van der Waals surface area contributed by atoms with Gasteiger partial charge in [0, 0.05) is 16.7 Å². The van der Waals surface area contributed by atoms with Crippen molar-refractivity contribution in [2.75, 3.05) is 0 Å². The molecule has 1 aromatic carbocycles. The van der Waals surface area contributed by atoms with E-state index in [2.05, 4.69) is 15.1 Å². The second kappa shape index (κ2) is 8.99. The number of thiazole rings is 1. The Kier molecular flexibility index (Phi) is 6.39. The van der Waals surface area contributed by atoms with Crippen LogP contribution in [0.5, 0.6) is 0 Å². The molecular formula is C23H21ClF3N5OS. The molecule has 0 aliphatic heterocycles. The van der Waals surface area contributed by atoms with Gasteiger partial charge in [0.25, 0.3) is 0 Å². The molecule has 0 saturated carbocycles. The summed E-state index contributed by atoms with van der Waals surface area (Å²) in [5.74, 6) is -0.656. The van der Waals surface area contributed by atoms with Crippen LogP contribution in [0.3, 0.4) is 0 Å². The van der Waals surface area contributed by atoms with Gasteiger partial charge in [-0.15, -0.1) is 11.3 Å². The number of fused-ring (bicyclic) bond motifs is 1. The molecule has 1 amide bonds. The standard InChI is InChI=1S/C23H21ClF3N5OS/c1-4-12(5-2)15-10-11(3)31-32-16(18(23(25,26)27)29-21(15)32)17-19(24)30-22(34-17)14-9-7-6-8-13(14)20(28)33/h6-10,12H,4-5H2,1-3H3,(H2,28,33). The molecule has 0 radical (unpaired) electrons. The van der Waals surface area contributed by atoms with E-state index in [1.807, 2.05) is 13.8 Å². The number of hydrogen-bond donors (Lipinski definition) is 1. The zero-order chi connectivity index (χ0) is 24.8. The summed E-state index contributed by atoms with van der Waals surface area (Å²) >= 11 is 7.31. The van der Waals surface area contributed by atoms with Crippen molar-refractivity contribution in [2.24, 2.45) is 5.73 Å². The highest BCUT2D eigenvalue weighted by Gasteiger charge is 2.41. The third kappa shape index (κ3) is 4.16. The predicted molar refractivity (Wildman–Crippen MR) is 126 cm³/mol. The summed E-state index contributed by atoms with van der Waals surface area (Å²) in [6, 6.07) is 8.24. The Bertz CT molecular complexity index is 1390. The van der Waals surface area contributed by atoms with E-state index in [0.717, 1.165) is 24.2 Å². The number of carbonyl (C=O) groups is 1. The Labute approximate surface area is 202 Å². The van der Waals surface area contributed by atoms with Crippen LogP contribution in [0.2, 0.25) is 5.15 Å². The summed E-state index contributed by atoms with van der Waals surface area (Å²) in [6.07, 6.45) is -3.26. The zero-order valence-corrected chi connectivity index (χ0v) is 20.1. The number of aryl methyl sites for hydroxylation is 1. The fraction of sp³-hybridized carbons (Fsp3) is 0.304. The Hall–Kier alpha value is -2.98. The van der Waals surface area contributed by atoms with Crippen molar-refractivity contribution in [3.05, 3.63) is 58.0 Å². The number of amides is 1. The molecule has 0 spiro atoms. The van der Waals surface area contributed by atoms with Crippen LogP contribution in [0.4, 0.5) is 13.2 Å². The first-order valence-corrected chi connectivity index (χ1v) is 11.8. The van der Waals surface area contributed by atoms with E-state index >= 15 is 0 Å². The molecule has 34 heavy (non-hydrogen) atoms. The van der Waals surface area contributed by atoms with Gasteiger partial charge in [0.15, 0.2) is 11.3 Å². The maximum Gasteiger partial charge on any atom is 0.435 e. The summed E-state index contributed by atoms with van der Waals surface area (Å²) < 4.78 is 43.7. The van der Waals surface area contributed by atoms with Gasteiger partial charge in [-0.2, -0.15) is 18.3 Å². The van der Waals surface area contributed by atoms with Crippen molar-refractivity contribution < 1.29 is 18.0 Å². The van der Waals surface area contributed by atoms with Crippen LogP contribution in [0.1, 0.15) is 59.9 Å². The summed E-state index contributed by atoms with van der Waals surface area (Å²) in [7, 11) is 0. The van der Waals surface area contributed by atoms with Gasteiger partial charge in [0.2, 0.25) is 5.91 Å². The minimum atomic E-state index is -4.75. The van der Waals surface area contributed by atoms with E-state index in [1.165, 1.54) is 10.6 Å². The van der Waals surface area contributed by atoms with Gasteiger partial charge in [-0.1, -0.05) is 43.6 Å². The van der Waals surface area contributed by atoms with Crippen molar-refractivity contribution in [3.63, 3.8) is 0 Å². The van der Waals surface area contributed by atoms with Gasteiger partial charge in [0.05, 0.1) is 10.6 Å². The number of rotatable bonds is 6. The fourth-order valence-corrected chi connectivity index (χ4v) is 5.42. The van der Waals surface area contributed by atoms with E-state index in [4.69, 9.17) is 17.3 Å². The third-order valence-corrected chi connectivity index (χ3v) is 7.13. The molecule has 0 aliphatic rings. The lowest BCUT2D eigenvalue weighted by molar-refractivity contribution is -0.140. The molecular weight excluding hydrogens is 487 g/mol. The lowest BCUT2D eigenvalue weighted by atomic mass is 9.95. The Morgan fingerprint density at radius 3 is 2.50 bits per heavy atom. The number of hydrogen-bond acceptors (Lipinski definition) is 5. The van der Waals surface area contributed by atoms with Crippen LogP contribution in [0.25, 0.3) is 26.8 Å². The first kappa shape index (κ1) is 24.2. The number of carbonyl (C=O) groups excluding carboxylic acids is 1.